The average molecular weight is 441 g/mol. The molecule has 1 saturated carbocycles. The fourth-order valence-electron chi connectivity index (χ4n) is 3.90. The molecule has 1 saturated heterocycles. The van der Waals surface area contributed by atoms with E-state index in [1.54, 1.807) is 11.5 Å². The Kier molecular flexibility index (Phi) is 5.52. The van der Waals surface area contributed by atoms with Gasteiger partial charge in [0.2, 0.25) is 15.3 Å². The normalized spacial score (nSPS) is 21.6. The highest BCUT2D eigenvalue weighted by Gasteiger charge is 2.33. The van der Waals surface area contributed by atoms with Crippen LogP contribution in [0.15, 0.2) is 11.0 Å². The van der Waals surface area contributed by atoms with Gasteiger partial charge in [0.05, 0.1) is 11.9 Å². The number of anilines is 1. The Hall–Kier alpha value is -1.78. The molecule has 1 aliphatic carbocycles. The summed E-state index contributed by atoms with van der Waals surface area (Å²) in [5.74, 6) is 0.922. The highest BCUT2D eigenvalue weighted by molar-refractivity contribution is 7.89. The molecule has 4 rings (SSSR count). The first-order valence-electron chi connectivity index (χ1n) is 9.96. The van der Waals surface area contributed by atoms with Crippen molar-refractivity contribution in [3.8, 4) is 0 Å². The molecule has 9 nitrogen and oxygen atoms in total. The van der Waals surface area contributed by atoms with Gasteiger partial charge < -0.3 is 5.32 Å². The molecule has 2 aliphatic rings. The average Bonchev–Trinajstić information content (AvgIpc) is 3.43. The minimum absolute atomic E-state index is 0.00353. The minimum Gasteiger partial charge on any atom is -0.365 e. The number of nitrogens with zero attached hydrogens (tertiary/aromatic N) is 5. The van der Waals surface area contributed by atoms with E-state index in [2.05, 4.69) is 20.3 Å². The maximum atomic E-state index is 13.2. The molecule has 0 spiro atoms. The third-order valence-electron chi connectivity index (χ3n) is 5.88. The van der Waals surface area contributed by atoms with E-state index in [9.17, 15) is 13.2 Å². The minimum atomic E-state index is -3.18. The summed E-state index contributed by atoms with van der Waals surface area (Å²) in [6.45, 7) is 5.13. The molecular weight excluding hydrogens is 416 g/mol. The monoisotopic (exact) mass is 440 g/mol. The van der Waals surface area contributed by atoms with Crippen molar-refractivity contribution in [3.63, 3.8) is 0 Å². The molecule has 2 aromatic heterocycles. The van der Waals surface area contributed by atoms with Gasteiger partial charge in [-0.3, -0.25) is 9.36 Å². The zero-order valence-electron chi connectivity index (χ0n) is 16.5. The number of nitrogens with one attached hydrogen (secondary N) is 1. The van der Waals surface area contributed by atoms with Gasteiger partial charge in [0.15, 0.2) is 11.5 Å². The molecule has 0 bridgehead atoms. The van der Waals surface area contributed by atoms with E-state index in [-0.39, 0.29) is 34.4 Å². The number of rotatable bonds is 7. The predicted octanol–water partition coefficient (Wildman–Crippen LogP) is 1.89. The van der Waals surface area contributed by atoms with Crippen LogP contribution < -0.4 is 10.9 Å². The lowest BCUT2D eigenvalue weighted by Gasteiger charge is -2.19. The van der Waals surface area contributed by atoms with Crippen LogP contribution >= 0.6 is 11.6 Å². The molecule has 1 N–H and O–H groups in total. The summed E-state index contributed by atoms with van der Waals surface area (Å²) < 4.78 is 27.3. The summed E-state index contributed by atoms with van der Waals surface area (Å²) in [6, 6.07) is -0.00353. The Morgan fingerprint density at radius 3 is 2.76 bits per heavy atom. The van der Waals surface area contributed by atoms with Crippen LogP contribution in [0.4, 0.5) is 5.82 Å². The molecule has 2 aromatic rings. The van der Waals surface area contributed by atoms with Crippen LogP contribution in [0.2, 0.25) is 5.28 Å². The van der Waals surface area contributed by atoms with Gasteiger partial charge in [-0.25, -0.2) is 22.7 Å². The topological polar surface area (TPSA) is 110 Å². The number of hydrogen-bond acceptors (Lipinski definition) is 7. The first-order valence-corrected chi connectivity index (χ1v) is 12.0. The molecule has 1 aliphatic heterocycles. The van der Waals surface area contributed by atoms with E-state index in [1.165, 1.54) is 10.5 Å². The van der Waals surface area contributed by atoms with Crippen molar-refractivity contribution >= 4 is 38.6 Å². The maximum absolute atomic E-state index is 13.2. The number of fused-ring (bicyclic) bond motifs is 1. The van der Waals surface area contributed by atoms with Crippen LogP contribution in [0.1, 0.15) is 39.2 Å². The van der Waals surface area contributed by atoms with E-state index < -0.39 is 10.0 Å². The molecule has 11 heteroatoms. The van der Waals surface area contributed by atoms with Crippen LogP contribution in [0.25, 0.3) is 11.2 Å². The van der Waals surface area contributed by atoms with E-state index in [1.807, 2.05) is 6.92 Å². The second kappa shape index (κ2) is 7.81. The number of hydrogen-bond donors (Lipinski definition) is 1. The summed E-state index contributed by atoms with van der Waals surface area (Å²) in [7, 11) is -3.18. The molecule has 0 radical (unpaired) electrons. The Morgan fingerprint density at radius 2 is 2.07 bits per heavy atom. The van der Waals surface area contributed by atoms with Gasteiger partial charge in [0.1, 0.15) is 5.52 Å². The summed E-state index contributed by atoms with van der Waals surface area (Å²) in [5.41, 5.74) is 0.717. The molecule has 2 atom stereocenters. The third kappa shape index (κ3) is 4.10. The lowest BCUT2D eigenvalue weighted by molar-refractivity contribution is 0.462. The number of sulfonamides is 1. The third-order valence-corrected chi connectivity index (χ3v) is 7.91. The van der Waals surface area contributed by atoms with Crippen molar-refractivity contribution in [3.05, 3.63) is 21.8 Å². The summed E-state index contributed by atoms with van der Waals surface area (Å²) >= 11 is 5.96. The second-order valence-electron chi connectivity index (χ2n) is 7.86. The van der Waals surface area contributed by atoms with E-state index in [4.69, 9.17) is 11.6 Å². The Bertz CT molecular complexity index is 1080. The maximum Gasteiger partial charge on any atom is 0.295 e. The van der Waals surface area contributed by atoms with Crippen LogP contribution in [-0.4, -0.2) is 57.6 Å². The fraction of sp³-hybridized carbons (Fsp3) is 0.667. The van der Waals surface area contributed by atoms with Gasteiger partial charge in [-0.2, -0.15) is 4.98 Å². The molecule has 0 unspecified atom stereocenters. The summed E-state index contributed by atoms with van der Waals surface area (Å²) in [4.78, 5) is 25.8. The Labute approximate surface area is 174 Å². The van der Waals surface area contributed by atoms with Crippen molar-refractivity contribution in [1.82, 2.24) is 23.8 Å². The van der Waals surface area contributed by atoms with Crippen molar-refractivity contribution < 1.29 is 8.42 Å². The van der Waals surface area contributed by atoms with Gasteiger partial charge >= 0.3 is 0 Å². The fourth-order valence-corrected chi connectivity index (χ4v) is 5.22. The Balaban J connectivity index is 1.59. The van der Waals surface area contributed by atoms with Gasteiger partial charge in [0, 0.05) is 25.7 Å². The Morgan fingerprint density at radius 1 is 1.31 bits per heavy atom. The van der Waals surface area contributed by atoms with Gasteiger partial charge in [-0.15, -0.1) is 0 Å². The highest BCUT2D eigenvalue weighted by Crippen LogP contribution is 2.39. The van der Waals surface area contributed by atoms with Crippen molar-refractivity contribution in [1.29, 1.82) is 0 Å². The molecule has 0 amide bonds. The standard InChI is InChI=1S/C18H25ClN6O3S/c1-3-29(27,28)24-7-6-12(10-24)8-20-15-17(26)25(11(2)13-4-5-13)16-14(22-15)9-21-18(19)23-16/h9,11-13H,3-8,10H2,1-2H3,(H,20,22)/t11-,12-/m0/s1. The van der Waals surface area contributed by atoms with Crippen molar-refractivity contribution in [2.75, 3.05) is 30.7 Å². The van der Waals surface area contributed by atoms with Crippen LogP contribution in [0.5, 0.6) is 0 Å². The molecule has 0 aromatic carbocycles. The van der Waals surface area contributed by atoms with Crippen molar-refractivity contribution in [2.45, 2.75) is 39.2 Å². The molecule has 3 heterocycles. The quantitative estimate of drug-likeness (QED) is 0.654. The van der Waals surface area contributed by atoms with E-state index in [0.29, 0.717) is 36.7 Å². The number of aromatic nitrogens is 4. The SMILES string of the molecule is CCS(=O)(=O)N1CC[C@@H](CNc2nc3cnc(Cl)nc3n([C@@H](C)C3CC3)c2=O)C1. The number of halogens is 1. The molecule has 2 fully saturated rings. The molecular formula is C18H25ClN6O3S. The first-order chi connectivity index (χ1) is 13.8. The lowest BCUT2D eigenvalue weighted by atomic mass is 10.1. The van der Waals surface area contributed by atoms with Crippen LogP contribution in [0, 0.1) is 11.8 Å². The van der Waals surface area contributed by atoms with Gasteiger partial charge in [-0.05, 0) is 56.5 Å². The van der Waals surface area contributed by atoms with Gasteiger partial charge in [0.25, 0.3) is 5.56 Å². The zero-order valence-corrected chi connectivity index (χ0v) is 18.1. The second-order valence-corrected chi connectivity index (χ2v) is 10.5. The predicted molar refractivity (Wildman–Crippen MR) is 112 cm³/mol. The largest absolute Gasteiger partial charge is 0.365 e. The van der Waals surface area contributed by atoms with Crippen molar-refractivity contribution in [2.24, 2.45) is 11.8 Å². The van der Waals surface area contributed by atoms with E-state index in [0.717, 1.165) is 19.3 Å². The summed E-state index contributed by atoms with van der Waals surface area (Å²) in [6.07, 6.45) is 4.45. The van der Waals surface area contributed by atoms with Crippen LogP contribution in [-0.2, 0) is 10.0 Å². The highest BCUT2D eigenvalue weighted by atomic mass is 35.5. The smallest absolute Gasteiger partial charge is 0.295 e. The van der Waals surface area contributed by atoms with Gasteiger partial charge in [-0.1, -0.05) is 0 Å². The molecule has 29 heavy (non-hydrogen) atoms. The summed E-state index contributed by atoms with van der Waals surface area (Å²) in [5, 5.41) is 3.23. The first kappa shape index (κ1) is 20.5. The lowest BCUT2D eigenvalue weighted by Crippen LogP contribution is -2.32. The zero-order chi connectivity index (χ0) is 20.8. The van der Waals surface area contributed by atoms with E-state index >= 15 is 0 Å². The van der Waals surface area contributed by atoms with Crippen LogP contribution in [0.3, 0.4) is 0 Å². The molecule has 158 valence electrons.